The molecule has 25 heavy (non-hydrogen) atoms. The number of methoxy groups -OCH3 is 1. The lowest BCUT2D eigenvalue weighted by Gasteiger charge is -2.20. The van der Waals surface area contributed by atoms with Gasteiger partial charge >= 0.3 is 5.97 Å². The standard InChI is InChI=1S/C19H31N3O3/c1-13(2)12-25-17-9-7-16(8-10-17)15(4)22-19(20-5)21-11-14(3)18(23)24-6/h7-10,13-15H,11-12H2,1-6H3,(H2,20,21,22). The van der Waals surface area contributed by atoms with Gasteiger partial charge < -0.3 is 20.1 Å². The van der Waals surface area contributed by atoms with Crippen LogP contribution in [0, 0.1) is 11.8 Å². The van der Waals surface area contributed by atoms with Gasteiger partial charge in [-0.15, -0.1) is 0 Å². The molecule has 0 aromatic heterocycles. The topological polar surface area (TPSA) is 72.0 Å². The van der Waals surface area contributed by atoms with Crippen molar-refractivity contribution < 1.29 is 14.3 Å². The summed E-state index contributed by atoms with van der Waals surface area (Å²) in [4.78, 5) is 15.6. The fourth-order valence-corrected chi connectivity index (χ4v) is 2.13. The molecule has 6 nitrogen and oxygen atoms in total. The number of rotatable bonds is 8. The molecule has 6 heteroatoms. The fraction of sp³-hybridized carbons (Fsp3) is 0.579. The second-order valence-corrected chi connectivity index (χ2v) is 6.52. The molecule has 2 atom stereocenters. The molecular weight excluding hydrogens is 318 g/mol. The lowest BCUT2D eigenvalue weighted by Crippen LogP contribution is -2.41. The van der Waals surface area contributed by atoms with Crippen LogP contribution in [0.2, 0.25) is 0 Å². The number of esters is 1. The van der Waals surface area contributed by atoms with Crippen LogP contribution in [0.5, 0.6) is 5.75 Å². The third-order valence-electron chi connectivity index (χ3n) is 3.72. The third-order valence-corrected chi connectivity index (χ3v) is 3.72. The van der Waals surface area contributed by atoms with E-state index in [0.717, 1.165) is 11.3 Å². The Morgan fingerprint density at radius 2 is 1.80 bits per heavy atom. The molecule has 0 bridgehead atoms. The van der Waals surface area contributed by atoms with Crippen molar-refractivity contribution >= 4 is 11.9 Å². The van der Waals surface area contributed by atoms with Crippen molar-refractivity contribution in [3.05, 3.63) is 29.8 Å². The van der Waals surface area contributed by atoms with Crippen LogP contribution in [0.25, 0.3) is 0 Å². The maximum absolute atomic E-state index is 11.4. The molecule has 2 N–H and O–H groups in total. The van der Waals surface area contributed by atoms with Crippen LogP contribution >= 0.6 is 0 Å². The van der Waals surface area contributed by atoms with E-state index in [-0.39, 0.29) is 17.9 Å². The van der Waals surface area contributed by atoms with Crippen molar-refractivity contribution in [1.82, 2.24) is 10.6 Å². The summed E-state index contributed by atoms with van der Waals surface area (Å²) in [6.07, 6.45) is 0. The summed E-state index contributed by atoms with van der Waals surface area (Å²) in [7, 11) is 3.09. The average molecular weight is 349 g/mol. The van der Waals surface area contributed by atoms with Gasteiger partial charge in [0.2, 0.25) is 0 Å². The Bertz CT molecular complexity index is 556. The highest BCUT2D eigenvalue weighted by Crippen LogP contribution is 2.18. The predicted octanol–water partition coefficient (Wildman–Crippen LogP) is 2.76. The van der Waals surface area contributed by atoms with E-state index in [1.54, 1.807) is 7.05 Å². The lowest BCUT2D eigenvalue weighted by molar-refractivity contribution is -0.144. The normalized spacial score (nSPS) is 14.0. The van der Waals surface area contributed by atoms with E-state index < -0.39 is 0 Å². The van der Waals surface area contributed by atoms with E-state index in [1.165, 1.54) is 7.11 Å². The first-order chi connectivity index (χ1) is 11.9. The number of benzene rings is 1. The van der Waals surface area contributed by atoms with Gasteiger partial charge in [0, 0.05) is 13.6 Å². The molecular formula is C19H31N3O3. The Morgan fingerprint density at radius 3 is 2.32 bits per heavy atom. The molecule has 1 rings (SSSR count). The molecule has 0 saturated heterocycles. The maximum Gasteiger partial charge on any atom is 0.310 e. The summed E-state index contributed by atoms with van der Waals surface area (Å²) in [5.41, 5.74) is 1.13. The van der Waals surface area contributed by atoms with E-state index in [1.807, 2.05) is 31.2 Å². The highest BCUT2D eigenvalue weighted by Gasteiger charge is 2.14. The number of guanidine groups is 1. The Labute approximate surface area is 151 Å². The smallest absolute Gasteiger partial charge is 0.310 e. The molecule has 1 aromatic carbocycles. The number of hydrogen-bond acceptors (Lipinski definition) is 4. The molecule has 140 valence electrons. The minimum absolute atomic E-state index is 0.0683. The second-order valence-electron chi connectivity index (χ2n) is 6.52. The quantitative estimate of drug-likeness (QED) is 0.429. The van der Waals surface area contributed by atoms with Crippen LogP contribution in [0.15, 0.2) is 29.3 Å². The molecule has 0 heterocycles. The van der Waals surface area contributed by atoms with Crippen LogP contribution in [0.3, 0.4) is 0 Å². The van der Waals surface area contributed by atoms with E-state index in [4.69, 9.17) is 9.47 Å². The van der Waals surface area contributed by atoms with Crippen molar-refractivity contribution in [2.24, 2.45) is 16.8 Å². The molecule has 0 aliphatic rings. The second kappa shape index (κ2) is 10.6. The largest absolute Gasteiger partial charge is 0.493 e. The van der Waals surface area contributed by atoms with Gasteiger partial charge in [-0.05, 0) is 30.5 Å². The van der Waals surface area contributed by atoms with Crippen LogP contribution in [-0.4, -0.2) is 39.2 Å². The monoisotopic (exact) mass is 349 g/mol. The number of nitrogens with one attached hydrogen (secondary N) is 2. The Morgan fingerprint density at radius 1 is 1.16 bits per heavy atom. The zero-order valence-corrected chi connectivity index (χ0v) is 16.1. The number of nitrogens with zero attached hydrogens (tertiary/aromatic N) is 1. The molecule has 0 aliphatic heterocycles. The van der Waals surface area contributed by atoms with Crippen molar-refractivity contribution in [1.29, 1.82) is 0 Å². The zero-order chi connectivity index (χ0) is 18.8. The summed E-state index contributed by atoms with van der Waals surface area (Å²) in [6.45, 7) is 9.29. The van der Waals surface area contributed by atoms with Gasteiger partial charge in [-0.3, -0.25) is 9.79 Å². The van der Waals surface area contributed by atoms with E-state index in [0.29, 0.717) is 25.0 Å². The van der Waals surface area contributed by atoms with Gasteiger partial charge in [0.1, 0.15) is 5.75 Å². The highest BCUT2D eigenvalue weighted by molar-refractivity contribution is 5.81. The molecule has 0 amide bonds. The highest BCUT2D eigenvalue weighted by atomic mass is 16.5. The van der Waals surface area contributed by atoms with Gasteiger partial charge in [-0.25, -0.2) is 0 Å². The van der Waals surface area contributed by atoms with Crippen molar-refractivity contribution in [3.63, 3.8) is 0 Å². The van der Waals surface area contributed by atoms with Gasteiger partial charge in [0.05, 0.1) is 25.7 Å². The zero-order valence-electron chi connectivity index (χ0n) is 16.1. The molecule has 0 saturated carbocycles. The van der Waals surface area contributed by atoms with E-state index >= 15 is 0 Å². The van der Waals surface area contributed by atoms with Crippen LogP contribution in [0.1, 0.15) is 39.3 Å². The number of ether oxygens (including phenoxy) is 2. The SMILES string of the molecule is CN=C(NCC(C)C(=O)OC)NC(C)c1ccc(OCC(C)C)cc1. The van der Waals surface area contributed by atoms with Gasteiger partial charge in [-0.1, -0.05) is 32.9 Å². The first-order valence-corrected chi connectivity index (χ1v) is 8.65. The maximum atomic E-state index is 11.4. The van der Waals surface area contributed by atoms with E-state index in [9.17, 15) is 4.79 Å². The number of aliphatic imine (C=N–C) groups is 1. The molecule has 0 fully saturated rings. The Kier molecular flexibility index (Phi) is 8.81. The Balaban J connectivity index is 2.55. The first kappa shape index (κ1) is 20.8. The predicted molar refractivity (Wildman–Crippen MR) is 101 cm³/mol. The van der Waals surface area contributed by atoms with Crippen LogP contribution in [-0.2, 0) is 9.53 Å². The summed E-state index contributed by atoms with van der Waals surface area (Å²) in [5.74, 6) is 1.54. The molecule has 0 spiro atoms. The van der Waals surface area contributed by atoms with Crippen molar-refractivity contribution in [3.8, 4) is 5.75 Å². The minimum Gasteiger partial charge on any atom is -0.493 e. The molecule has 0 aliphatic carbocycles. The number of carbonyl (C=O) groups excluding carboxylic acids is 1. The molecule has 0 radical (unpaired) electrons. The first-order valence-electron chi connectivity index (χ1n) is 8.65. The van der Waals surface area contributed by atoms with Gasteiger partial charge in [-0.2, -0.15) is 0 Å². The van der Waals surface area contributed by atoms with Crippen molar-refractivity contribution in [2.75, 3.05) is 27.3 Å². The summed E-state index contributed by atoms with van der Waals surface area (Å²) >= 11 is 0. The van der Waals surface area contributed by atoms with Crippen molar-refractivity contribution in [2.45, 2.75) is 33.7 Å². The Hall–Kier alpha value is -2.24. The summed E-state index contributed by atoms with van der Waals surface area (Å²) < 4.78 is 10.4. The van der Waals surface area contributed by atoms with Gasteiger partial charge in [0.25, 0.3) is 0 Å². The molecule has 2 unspecified atom stereocenters. The number of hydrogen-bond donors (Lipinski definition) is 2. The molecule has 1 aromatic rings. The van der Waals surface area contributed by atoms with Gasteiger partial charge in [0.15, 0.2) is 5.96 Å². The third kappa shape index (κ3) is 7.45. The van der Waals surface area contributed by atoms with E-state index in [2.05, 4.69) is 36.4 Å². The summed E-state index contributed by atoms with van der Waals surface area (Å²) in [6, 6.07) is 8.10. The van der Waals surface area contributed by atoms with Crippen LogP contribution in [0.4, 0.5) is 0 Å². The lowest BCUT2D eigenvalue weighted by atomic mass is 10.1. The minimum atomic E-state index is -0.243. The van der Waals surface area contributed by atoms with Crippen LogP contribution < -0.4 is 15.4 Å². The average Bonchev–Trinajstić information content (AvgIpc) is 2.62. The number of carbonyl (C=O) groups is 1. The fourth-order valence-electron chi connectivity index (χ4n) is 2.13. The summed E-state index contributed by atoms with van der Waals surface area (Å²) in [5, 5.41) is 6.45.